The number of hydrogen-bond donors (Lipinski definition) is 2. The number of amides is 2. The van der Waals surface area contributed by atoms with E-state index in [9.17, 15) is 22.4 Å². The van der Waals surface area contributed by atoms with Crippen molar-refractivity contribution in [1.29, 1.82) is 0 Å². The maximum absolute atomic E-state index is 12.8. The molecule has 150 valence electrons. The van der Waals surface area contributed by atoms with Crippen LogP contribution in [-0.2, 0) is 26.0 Å². The topological polar surface area (TPSA) is 95.6 Å². The molecule has 0 heterocycles. The van der Waals surface area contributed by atoms with Crippen LogP contribution in [0.25, 0.3) is 0 Å². The summed E-state index contributed by atoms with van der Waals surface area (Å²) in [6, 6.07) is 13.5. The molecule has 2 amide bonds. The van der Waals surface area contributed by atoms with Crippen LogP contribution in [0.3, 0.4) is 0 Å². The van der Waals surface area contributed by atoms with Crippen LogP contribution in [0.2, 0.25) is 0 Å². The van der Waals surface area contributed by atoms with Gasteiger partial charge < -0.3 is 10.6 Å². The van der Waals surface area contributed by atoms with Crippen LogP contribution in [0, 0.1) is 5.82 Å². The first kappa shape index (κ1) is 21.5. The Hall–Kier alpha value is -2.78. The lowest BCUT2D eigenvalue weighted by Gasteiger charge is -2.17. The van der Waals surface area contributed by atoms with Crippen molar-refractivity contribution in [2.45, 2.75) is 11.3 Å². The predicted molar refractivity (Wildman–Crippen MR) is 102 cm³/mol. The third-order valence-electron chi connectivity index (χ3n) is 3.86. The van der Waals surface area contributed by atoms with E-state index in [1.54, 1.807) is 18.2 Å². The van der Waals surface area contributed by atoms with E-state index in [1.165, 1.54) is 43.4 Å². The second kappa shape index (κ2) is 9.95. The SMILES string of the molecule is CN(CC(=O)NCCNC(=O)Cc1ccc(F)cc1)S(=O)(=O)c1ccccc1. The van der Waals surface area contributed by atoms with Gasteiger partial charge in [-0.05, 0) is 29.8 Å². The molecule has 2 rings (SSSR count). The molecule has 2 N–H and O–H groups in total. The van der Waals surface area contributed by atoms with E-state index in [2.05, 4.69) is 10.6 Å². The van der Waals surface area contributed by atoms with E-state index < -0.39 is 15.9 Å². The molecule has 0 unspecified atom stereocenters. The van der Waals surface area contributed by atoms with Gasteiger partial charge in [0.05, 0.1) is 17.9 Å². The summed E-state index contributed by atoms with van der Waals surface area (Å²) >= 11 is 0. The molecule has 9 heteroatoms. The number of hydrogen-bond acceptors (Lipinski definition) is 4. The van der Waals surface area contributed by atoms with E-state index in [0.29, 0.717) is 5.56 Å². The monoisotopic (exact) mass is 407 g/mol. The van der Waals surface area contributed by atoms with E-state index in [4.69, 9.17) is 0 Å². The minimum atomic E-state index is -3.74. The van der Waals surface area contributed by atoms with Crippen molar-refractivity contribution in [3.8, 4) is 0 Å². The van der Waals surface area contributed by atoms with Crippen LogP contribution in [0.5, 0.6) is 0 Å². The molecule has 7 nitrogen and oxygen atoms in total. The van der Waals surface area contributed by atoms with Crippen molar-refractivity contribution in [3.05, 3.63) is 66.0 Å². The summed E-state index contributed by atoms with van der Waals surface area (Å²) in [5.41, 5.74) is 0.677. The number of carbonyl (C=O) groups is 2. The number of nitrogens with one attached hydrogen (secondary N) is 2. The highest BCUT2D eigenvalue weighted by Gasteiger charge is 2.22. The largest absolute Gasteiger partial charge is 0.354 e. The second-order valence-electron chi connectivity index (χ2n) is 6.08. The number of nitrogens with zero attached hydrogens (tertiary/aromatic N) is 1. The van der Waals surface area contributed by atoms with Gasteiger partial charge >= 0.3 is 0 Å². The summed E-state index contributed by atoms with van der Waals surface area (Å²) in [5, 5.41) is 5.19. The average molecular weight is 407 g/mol. The predicted octanol–water partition coefficient (Wildman–Crippen LogP) is 0.921. The normalized spacial score (nSPS) is 11.2. The Labute approximate surface area is 163 Å². The molecule has 0 saturated carbocycles. The van der Waals surface area contributed by atoms with Crippen LogP contribution in [0.1, 0.15) is 5.56 Å². The quantitative estimate of drug-likeness (QED) is 0.605. The van der Waals surface area contributed by atoms with E-state index in [-0.39, 0.29) is 42.7 Å². The third kappa shape index (κ3) is 6.43. The summed E-state index contributed by atoms with van der Waals surface area (Å²) in [6.45, 7) is 0.0227. The Balaban J connectivity index is 1.71. The van der Waals surface area contributed by atoms with Gasteiger partial charge in [0.25, 0.3) is 0 Å². The van der Waals surface area contributed by atoms with Crippen LogP contribution in [0.15, 0.2) is 59.5 Å². The van der Waals surface area contributed by atoms with Gasteiger partial charge in [-0.25, -0.2) is 12.8 Å². The van der Waals surface area contributed by atoms with Gasteiger partial charge in [0.15, 0.2) is 0 Å². The molecule has 2 aromatic rings. The maximum Gasteiger partial charge on any atom is 0.243 e. The van der Waals surface area contributed by atoms with Crippen molar-refractivity contribution in [1.82, 2.24) is 14.9 Å². The lowest BCUT2D eigenvalue weighted by atomic mass is 10.1. The van der Waals surface area contributed by atoms with Crippen LogP contribution in [-0.4, -0.2) is 51.2 Å². The standard InChI is InChI=1S/C19H22FN3O4S/c1-23(28(26,27)17-5-3-2-4-6-17)14-19(25)22-12-11-21-18(24)13-15-7-9-16(20)10-8-15/h2-10H,11-14H2,1H3,(H,21,24)(H,22,25). The number of sulfonamides is 1. The minimum Gasteiger partial charge on any atom is -0.354 e. The van der Waals surface area contributed by atoms with Crippen LogP contribution < -0.4 is 10.6 Å². The lowest BCUT2D eigenvalue weighted by Crippen LogP contribution is -2.41. The highest BCUT2D eigenvalue weighted by atomic mass is 32.2. The van der Waals surface area contributed by atoms with E-state index in [1.807, 2.05) is 0 Å². The zero-order chi connectivity index (χ0) is 20.6. The first-order valence-corrected chi connectivity index (χ1v) is 10.0. The molecule has 28 heavy (non-hydrogen) atoms. The van der Waals surface area contributed by atoms with Gasteiger partial charge in [-0.3, -0.25) is 9.59 Å². The molecule has 0 atom stereocenters. The first-order chi connectivity index (χ1) is 13.3. The molecule has 0 aromatic heterocycles. The molecule has 0 aliphatic carbocycles. The molecule has 0 bridgehead atoms. The Morgan fingerprint density at radius 3 is 2.11 bits per heavy atom. The van der Waals surface area contributed by atoms with Gasteiger partial charge in [-0.2, -0.15) is 4.31 Å². The minimum absolute atomic E-state index is 0.103. The van der Waals surface area contributed by atoms with Gasteiger partial charge in [0.1, 0.15) is 5.82 Å². The molecule has 2 aromatic carbocycles. The number of benzene rings is 2. The van der Waals surface area contributed by atoms with Gasteiger partial charge in [0.2, 0.25) is 21.8 Å². The summed E-state index contributed by atoms with van der Waals surface area (Å²) in [7, 11) is -2.41. The molecule has 0 aliphatic heterocycles. The molecule has 0 spiro atoms. The van der Waals surface area contributed by atoms with E-state index >= 15 is 0 Å². The molecule has 0 radical (unpaired) electrons. The van der Waals surface area contributed by atoms with Crippen molar-refractivity contribution in [2.75, 3.05) is 26.7 Å². The van der Waals surface area contributed by atoms with Gasteiger partial charge in [-0.1, -0.05) is 30.3 Å². The summed E-state index contributed by atoms with van der Waals surface area (Å²) in [4.78, 5) is 23.8. The number of rotatable bonds is 9. The lowest BCUT2D eigenvalue weighted by molar-refractivity contribution is -0.122. The third-order valence-corrected chi connectivity index (χ3v) is 5.68. The van der Waals surface area contributed by atoms with Crippen molar-refractivity contribution < 1.29 is 22.4 Å². The molecular weight excluding hydrogens is 385 g/mol. The maximum atomic E-state index is 12.8. The average Bonchev–Trinajstić information content (AvgIpc) is 2.67. The van der Waals surface area contributed by atoms with Crippen molar-refractivity contribution >= 4 is 21.8 Å². The molecule has 0 aliphatic rings. The Morgan fingerprint density at radius 1 is 0.929 bits per heavy atom. The summed E-state index contributed by atoms with van der Waals surface area (Å²) in [6.07, 6.45) is 0.103. The number of carbonyl (C=O) groups excluding carboxylic acids is 2. The fraction of sp³-hybridized carbons (Fsp3) is 0.263. The summed E-state index contributed by atoms with van der Waals surface area (Å²) in [5.74, 6) is -1.11. The van der Waals surface area contributed by atoms with Crippen LogP contribution >= 0.6 is 0 Å². The smallest absolute Gasteiger partial charge is 0.243 e. The van der Waals surface area contributed by atoms with Crippen LogP contribution in [0.4, 0.5) is 4.39 Å². The zero-order valence-electron chi connectivity index (χ0n) is 15.4. The highest BCUT2D eigenvalue weighted by molar-refractivity contribution is 7.89. The Morgan fingerprint density at radius 2 is 1.50 bits per heavy atom. The fourth-order valence-corrected chi connectivity index (χ4v) is 3.52. The number of likely N-dealkylation sites (N-methyl/N-ethyl adjacent to an activating group) is 1. The second-order valence-corrected chi connectivity index (χ2v) is 8.12. The van der Waals surface area contributed by atoms with E-state index in [0.717, 1.165) is 4.31 Å². The van der Waals surface area contributed by atoms with Gasteiger partial charge in [0, 0.05) is 20.1 Å². The Kier molecular flexibility index (Phi) is 7.65. The first-order valence-electron chi connectivity index (χ1n) is 8.58. The van der Waals surface area contributed by atoms with Crippen molar-refractivity contribution in [2.24, 2.45) is 0 Å². The molecule has 0 saturated heterocycles. The molecular formula is C19H22FN3O4S. The fourth-order valence-electron chi connectivity index (χ4n) is 2.37. The zero-order valence-corrected chi connectivity index (χ0v) is 16.2. The highest BCUT2D eigenvalue weighted by Crippen LogP contribution is 2.12. The Bertz CT molecular complexity index is 903. The molecule has 0 fully saturated rings. The van der Waals surface area contributed by atoms with Gasteiger partial charge in [-0.15, -0.1) is 0 Å². The number of halogens is 1. The summed E-state index contributed by atoms with van der Waals surface area (Å²) < 4.78 is 38.5. The van der Waals surface area contributed by atoms with Crippen molar-refractivity contribution in [3.63, 3.8) is 0 Å².